The van der Waals surface area contributed by atoms with Crippen molar-refractivity contribution >= 4 is 33.7 Å². The van der Waals surface area contributed by atoms with Crippen LogP contribution in [0.3, 0.4) is 0 Å². The van der Waals surface area contributed by atoms with Gasteiger partial charge in [0.25, 0.3) is 0 Å². The van der Waals surface area contributed by atoms with Crippen molar-refractivity contribution in [3.8, 4) is 11.3 Å². The van der Waals surface area contributed by atoms with E-state index in [9.17, 15) is 4.79 Å². The van der Waals surface area contributed by atoms with Crippen LogP contribution in [0.1, 0.15) is 34.3 Å². The van der Waals surface area contributed by atoms with Gasteiger partial charge in [-0.25, -0.2) is 0 Å². The van der Waals surface area contributed by atoms with E-state index in [2.05, 4.69) is 40.5 Å². The molecule has 0 unspecified atom stereocenters. The lowest BCUT2D eigenvalue weighted by molar-refractivity contribution is 0.104. The van der Waals surface area contributed by atoms with E-state index >= 15 is 0 Å². The summed E-state index contributed by atoms with van der Waals surface area (Å²) in [5.41, 5.74) is 6.85. The Morgan fingerprint density at radius 3 is 2.60 bits per heavy atom. The number of carbonyl (C=O) groups is 1. The molecule has 4 aromatic rings. The molecule has 3 aromatic carbocycles. The predicted octanol–water partition coefficient (Wildman–Crippen LogP) is 5.69. The van der Waals surface area contributed by atoms with Gasteiger partial charge in [0.2, 0.25) is 0 Å². The Balaban J connectivity index is 1.64. The fraction of sp³-hybridized carbons (Fsp3) is 0.200. The Labute approximate surface area is 174 Å². The second-order valence-corrected chi connectivity index (χ2v) is 8.12. The first kappa shape index (κ1) is 17.3. The molecule has 0 saturated carbocycles. The number of nitrogens with one attached hydrogen (secondary N) is 1. The number of hydrogen-bond donors (Lipinski definition) is 1. The minimum atomic E-state index is 0.00873. The highest BCUT2D eigenvalue weighted by atomic mass is 16.5. The van der Waals surface area contributed by atoms with Crippen molar-refractivity contribution in [2.45, 2.75) is 19.8 Å². The van der Waals surface area contributed by atoms with Gasteiger partial charge in [0.15, 0.2) is 11.5 Å². The Hall–Kier alpha value is -3.60. The van der Waals surface area contributed by atoms with Crippen molar-refractivity contribution in [1.29, 1.82) is 0 Å². The van der Waals surface area contributed by atoms with Crippen LogP contribution in [-0.2, 0) is 0 Å². The van der Waals surface area contributed by atoms with Crippen LogP contribution in [0, 0.1) is 6.92 Å². The highest BCUT2D eigenvalue weighted by Gasteiger charge is 2.34. The minimum Gasteiger partial charge on any atom is -0.370 e. The van der Waals surface area contributed by atoms with Crippen molar-refractivity contribution in [1.82, 2.24) is 5.16 Å². The number of fused-ring (bicyclic) bond motifs is 2. The molecule has 0 atom stereocenters. The molecule has 1 fully saturated rings. The summed E-state index contributed by atoms with van der Waals surface area (Å²) in [6, 6.07) is 17.9. The van der Waals surface area contributed by atoms with E-state index in [0.29, 0.717) is 16.9 Å². The summed E-state index contributed by atoms with van der Waals surface area (Å²) < 4.78 is 5.84. The Bertz CT molecular complexity index is 1320. The van der Waals surface area contributed by atoms with Crippen molar-refractivity contribution < 1.29 is 9.32 Å². The molecule has 0 amide bonds. The van der Waals surface area contributed by atoms with Gasteiger partial charge >= 0.3 is 0 Å². The third-order valence-corrected chi connectivity index (χ3v) is 6.12. The zero-order chi connectivity index (χ0) is 20.2. The summed E-state index contributed by atoms with van der Waals surface area (Å²) in [4.78, 5) is 15.9. The first-order valence-corrected chi connectivity index (χ1v) is 10.4. The van der Waals surface area contributed by atoms with Crippen LogP contribution in [0.2, 0.25) is 0 Å². The van der Waals surface area contributed by atoms with Crippen molar-refractivity contribution in [2.24, 2.45) is 0 Å². The van der Waals surface area contributed by atoms with E-state index < -0.39 is 0 Å². The lowest BCUT2D eigenvalue weighted by Gasteiger charge is -2.23. The molecule has 6 rings (SSSR count). The number of aromatic nitrogens is 1. The van der Waals surface area contributed by atoms with Crippen LogP contribution in [-0.4, -0.2) is 24.0 Å². The van der Waals surface area contributed by atoms with Gasteiger partial charge in [-0.05, 0) is 43.5 Å². The van der Waals surface area contributed by atoms with Crippen LogP contribution < -0.4 is 10.2 Å². The van der Waals surface area contributed by atoms with Gasteiger partial charge in [-0.3, -0.25) is 4.79 Å². The zero-order valence-electron chi connectivity index (χ0n) is 16.7. The molecule has 30 heavy (non-hydrogen) atoms. The lowest BCUT2D eigenvalue weighted by atomic mass is 9.86. The number of hydrogen-bond acceptors (Lipinski definition) is 5. The average Bonchev–Trinajstić information content (AvgIpc) is 3.43. The molecule has 1 N–H and O–H groups in total. The summed E-state index contributed by atoms with van der Waals surface area (Å²) in [5, 5.41) is 8.77. The molecule has 5 nitrogen and oxygen atoms in total. The van der Waals surface area contributed by atoms with E-state index in [0.717, 1.165) is 65.0 Å². The smallest absolute Gasteiger partial charge is 0.196 e. The van der Waals surface area contributed by atoms with Crippen molar-refractivity contribution in [2.75, 3.05) is 23.3 Å². The number of ketones is 1. The van der Waals surface area contributed by atoms with Gasteiger partial charge < -0.3 is 14.7 Å². The molecule has 0 bridgehead atoms. The maximum Gasteiger partial charge on any atom is 0.196 e. The minimum absolute atomic E-state index is 0.00873. The third-order valence-electron chi connectivity index (χ3n) is 6.12. The third kappa shape index (κ3) is 2.48. The summed E-state index contributed by atoms with van der Waals surface area (Å²) in [7, 11) is 0. The van der Waals surface area contributed by atoms with Crippen LogP contribution in [0.15, 0.2) is 59.1 Å². The fourth-order valence-electron chi connectivity index (χ4n) is 4.72. The summed E-state index contributed by atoms with van der Waals surface area (Å²) in [6.45, 7) is 4.05. The highest BCUT2D eigenvalue weighted by Crippen LogP contribution is 2.46. The van der Waals surface area contributed by atoms with Crippen LogP contribution in [0.4, 0.5) is 17.1 Å². The van der Waals surface area contributed by atoms with E-state index in [1.807, 2.05) is 36.4 Å². The molecule has 1 aliphatic carbocycles. The largest absolute Gasteiger partial charge is 0.370 e. The highest BCUT2D eigenvalue weighted by molar-refractivity contribution is 6.28. The molecule has 1 aromatic heterocycles. The quantitative estimate of drug-likeness (QED) is 0.425. The summed E-state index contributed by atoms with van der Waals surface area (Å²) >= 11 is 0. The molecule has 1 aliphatic heterocycles. The monoisotopic (exact) mass is 395 g/mol. The Morgan fingerprint density at radius 2 is 1.80 bits per heavy atom. The molecular formula is C25H21N3O2. The van der Waals surface area contributed by atoms with Gasteiger partial charge in [0, 0.05) is 29.9 Å². The molecule has 0 spiro atoms. The number of rotatable bonds is 3. The second kappa shape index (κ2) is 6.46. The van der Waals surface area contributed by atoms with E-state index in [-0.39, 0.29) is 5.78 Å². The average molecular weight is 395 g/mol. The van der Waals surface area contributed by atoms with Gasteiger partial charge in [0.05, 0.1) is 22.3 Å². The summed E-state index contributed by atoms with van der Waals surface area (Å²) in [6.07, 6.45) is 2.33. The molecule has 5 heteroatoms. The first-order chi connectivity index (χ1) is 14.7. The maximum atomic E-state index is 13.6. The number of nitrogens with zero attached hydrogens (tertiary/aromatic N) is 2. The number of aryl methyl sites for hydroxylation is 1. The number of anilines is 3. The van der Waals surface area contributed by atoms with Gasteiger partial charge in [-0.1, -0.05) is 41.6 Å². The molecule has 1 saturated heterocycles. The normalized spacial score (nSPS) is 15.0. The predicted molar refractivity (Wildman–Crippen MR) is 119 cm³/mol. The number of carbonyl (C=O) groups excluding carboxylic acids is 1. The SMILES string of the molecule is Cc1cccc(Nc2cc(N3CCCC3)c3noc4c3c2C(=O)c2ccccc2-4)c1. The maximum absolute atomic E-state index is 13.6. The zero-order valence-corrected chi connectivity index (χ0v) is 16.7. The van der Waals surface area contributed by atoms with Crippen molar-refractivity contribution in [3.63, 3.8) is 0 Å². The topological polar surface area (TPSA) is 58.4 Å². The molecular weight excluding hydrogens is 374 g/mol. The van der Waals surface area contributed by atoms with Gasteiger partial charge in [-0.15, -0.1) is 0 Å². The Kier molecular flexibility index (Phi) is 3.72. The standard InChI is InChI=1S/C25H21N3O2/c1-15-7-6-8-16(13-15)26-19-14-20(28-11-4-5-12-28)23-22-21(19)24(29)17-9-2-3-10-18(17)25(22)30-27-23/h2-3,6-10,13-14,26H,4-5,11-12H2,1H3. The Morgan fingerprint density at radius 1 is 1.00 bits per heavy atom. The van der Waals surface area contributed by atoms with Crippen LogP contribution >= 0.6 is 0 Å². The molecule has 2 aliphatic rings. The van der Waals surface area contributed by atoms with E-state index in [1.165, 1.54) is 0 Å². The van der Waals surface area contributed by atoms with Crippen LogP contribution in [0.25, 0.3) is 22.2 Å². The lowest BCUT2D eigenvalue weighted by Crippen LogP contribution is -2.19. The summed E-state index contributed by atoms with van der Waals surface area (Å²) in [5.74, 6) is 0.693. The molecule has 2 heterocycles. The van der Waals surface area contributed by atoms with E-state index in [1.54, 1.807) is 0 Å². The van der Waals surface area contributed by atoms with Crippen LogP contribution in [0.5, 0.6) is 0 Å². The molecule has 148 valence electrons. The van der Waals surface area contributed by atoms with Crippen molar-refractivity contribution in [3.05, 3.63) is 71.3 Å². The number of benzene rings is 3. The first-order valence-electron chi connectivity index (χ1n) is 10.4. The van der Waals surface area contributed by atoms with E-state index in [4.69, 9.17) is 4.52 Å². The van der Waals surface area contributed by atoms with Gasteiger partial charge in [-0.2, -0.15) is 0 Å². The van der Waals surface area contributed by atoms with Gasteiger partial charge in [0.1, 0.15) is 5.52 Å². The second-order valence-electron chi connectivity index (χ2n) is 8.12. The fourth-order valence-corrected chi connectivity index (χ4v) is 4.72. The molecule has 0 radical (unpaired) electrons.